The Hall–Kier alpha value is -2.67. The first-order valence-electron chi connectivity index (χ1n) is 8.04. The van der Waals surface area contributed by atoms with Crippen LogP contribution in [0.5, 0.6) is 0 Å². The Bertz CT molecular complexity index is 904. The number of hydrogen-bond donors (Lipinski definition) is 0. The van der Waals surface area contributed by atoms with Gasteiger partial charge >= 0.3 is 0 Å². The highest BCUT2D eigenvalue weighted by Gasteiger charge is 2.33. The molecule has 0 saturated heterocycles. The summed E-state index contributed by atoms with van der Waals surface area (Å²) in [4.78, 5) is 18.7. The van der Waals surface area contributed by atoms with Gasteiger partial charge in [0.15, 0.2) is 11.6 Å². The number of carbonyl (C=O) groups is 1. The minimum atomic E-state index is -0.347. The van der Waals surface area contributed by atoms with Gasteiger partial charge in [0, 0.05) is 24.0 Å². The molecule has 1 aliphatic rings. The van der Waals surface area contributed by atoms with Crippen LogP contribution in [-0.2, 0) is 24.4 Å². The maximum atomic E-state index is 12.8. The van der Waals surface area contributed by atoms with E-state index in [-0.39, 0.29) is 11.9 Å². The van der Waals surface area contributed by atoms with Gasteiger partial charge in [-0.1, -0.05) is 29.8 Å². The van der Waals surface area contributed by atoms with E-state index in [9.17, 15) is 4.79 Å². The predicted octanol–water partition coefficient (Wildman–Crippen LogP) is 2.28. The lowest BCUT2D eigenvalue weighted by atomic mass is 10.1. The molecule has 8 heteroatoms. The van der Waals surface area contributed by atoms with E-state index < -0.39 is 0 Å². The van der Waals surface area contributed by atoms with Crippen molar-refractivity contribution in [1.82, 2.24) is 29.2 Å². The molecule has 128 valence electrons. The molecule has 0 radical (unpaired) electrons. The van der Waals surface area contributed by atoms with E-state index in [1.807, 2.05) is 46.5 Å². The van der Waals surface area contributed by atoms with Gasteiger partial charge in [-0.25, -0.2) is 4.98 Å². The fraction of sp³-hybridized carbons (Fsp3) is 0.294. The van der Waals surface area contributed by atoms with E-state index in [4.69, 9.17) is 11.6 Å². The number of rotatable bonds is 4. The third-order valence-electron chi connectivity index (χ3n) is 4.43. The molecule has 0 aliphatic carbocycles. The molecule has 4 rings (SSSR count). The number of hydrogen-bond acceptors (Lipinski definition) is 4. The molecule has 7 nitrogen and oxygen atoms in total. The number of amides is 1. The summed E-state index contributed by atoms with van der Waals surface area (Å²) in [5.74, 6) is 1.58. The quantitative estimate of drug-likeness (QED) is 0.719. The summed E-state index contributed by atoms with van der Waals surface area (Å²) < 4.78 is 3.83. The molecule has 1 aliphatic heterocycles. The van der Waals surface area contributed by atoms with E-state index in [0.717, 1.165) is 17.2 Å². The monoisotopic (exact) mass is 356 g/mol. The third kappa shape index (κ3) is 2.91. The summed E-state index contributed by atoms with van der Waals surface area (Å²) in [6.45, 7) is 3.30. The number of benzene rings is 1. The summed E-state index contributed by atoms with van der Waals surface area (Å²) in [6.07, 6.45) is 5.30. The Labute approximate surface area is 149 Å². The zero-order valence-corrected chi connectivity index (χ0v) is 14.5. The molecule has 2 aromatic heterocycles. The summed E-state index contributed by atoms with van der Waals surface area (Å²) in [5.41, 5.74) is 0.927. The maximum Gasteiger partial charge on any atom is 0.246 e. The molecule has 1 atom stereocenters. The van der Waals surface area contributed by atoms with Crippen molar-refractivity contribution >= 4 is 17.5 Å². The van der Waals surface area contributed by atoms with Crippen LogP contribution in [0.4, 0.5) is 0 Å². The van der Waals surface area contributed by atoms with E-state index in [0.29, 0.717) is 24.7 Å². The zero-order valence-electron chi connectivity index (χ0n) is 13.7. The fourth-order valence-electron chi connectivity index (χ4n) is 3.16. The molecule has 0 fully saturated rings. The van der Waals surface area contributed by atoms with Gasteiger partial charge in [0.25, 0.3) is 0 Å². The maximum absolute atomic E-state index is 12.8. The summed E-state index contributed by atoms with van der Waals surface area (Å²) >= 11 is 6.23. The molecular weight excluding hydrogens is 340 g/mol. The highest BCUT2D eigenvalue weighted by Crippen LogP contribution is 2.26. The highest BCUT2D eigenvalue weighted by atomic mass is 35.5. The smallest absolute Gasteiger partial charge is 0.246 e. The minimum absolute atomic E-state index is 0.0408. The minimum Gasteiger partial charge on any atom is -0.330 e. The molecule has 0 spiro atoms. The van der Waals surface area contributed by atoms with E-state index in [2.05, 4.69) is 15.2 Å². The third-order valence-corrected chi connectivity index (χ3v) is 4.80. The topological polar surface area (TPSA) is 68.8 Å². The van der Waals surface area contributed by atoms with E-state index in [1.54, 1.807) is 17.4 Å². The molecule has 0 bridgehead atoms. The normalized spacial score (nSPS) is 17.0. The lowest BCUT2D eigenvalue weighted by Gasteiger charge is -2.32. The van der Waals surface area contributed by atoms with Gasteiger partial charge in [-0.05, 0) is 18.6 Å². The molecule has 25 heavy (non-hydrogen) atoms. The predicted molar refractivity (Wildman–Crippen MR) is 91.8 cm³/mol. The van der Waals surface area contributed by atoms with Crippen LogP contribution in [0.2, 0.25) is 5.02 Å². The summed E-state index contributed by atoms with van der Waals surface area (Å²) in [5, 5.41) is 9.23. The largest absolute Gasteiger partial charge is 0.330 e. The molecule has 1 amide bonds. The van der Waals surface area contributed by atoms with Crippen LogP contribution in [-0.4, -0.2) is 35.1 Å². The molecule has 0 unspecified atom stereocenters. The van der Waals surface area contributed by atoms with Crippen LogP contribution < -0.4 is 0 Å². The second-order valence-corrected chi connectivity index (χ2v) is 6.51. The standard InChI is InChI=1S/C17H17ClN6O/c1-12-17(25)23(8-13-4-2-3-5-14(13)18)10-16-21-20-15(24(12)16)9-22-7-6-19-11-22/h2-7,11-12H,8-10H2,1H3/t12-/m0/s1. The first kappa shape index (κ1) is 15.8. The van der Waals surface area contributed by atoms with Crippen LogP contribution in [0.25, 0.3) is 0 Å². The van der Waals surface area contributed by atoms with Crippen LogP contribution in [0, 0.1) is 0 Å². The lowest BCUT2D eigenvalue weighted by molar-refractivity contribution is -0.137. The number of carbonyl (C=O) groups excluding carboxylic acids is 1. The van der Waals surface area contributed by atoms with Crippen molar-refractivity contribution in [2.24, 2.45) is 0 Å². The van der Waals surface area contributed by atoms with Crippen LogP contribution in [0.15, 0.2) is 43.0 Å². The molecule has 3 heterocycles. The van der Waals surface area contributed by atoms with Gasteiger partial charge in [-0.15, -0.1) is 10.2 Å². The van der Waals surface area contributed by atoms with Gasteiger partial charge < -0.3 is 9.47 Å². The van der Waals surface area contributed by atoms with Gasteiger partial charge in [-0.3, -0.25) is 9.36 Å². The van der Waals surface area contributed by atoms with Crippen LogP contribution in [0.1, 0.15) is 30.2 Å². The number of nitrogens with zero attached hydrogens (tertiary/aromatic N) is 6. The first-order chi connectivity index (χ1) is 12.1. The average Bonchev–Trinajstić information content (AvgIpc) is 3.25. The second kappa shape index (κ2) is 6.33. The Kier molecular flexibility index (Phi) is 4.01. The van der Waals surface area contributed by atoms with E-state index in [1.165, 1.54) is 0 Å². The number of halogens is 1. The van der Waals surface area contributed by atoms with Crippen LogP contribution >= 0.6 is 11.6 Å². The first-order valence-corrected chi connectivity index (χ1v) is 8.42. The van der Waals surface area contributed by atoms with Crippen molar-refractivity contribution in [3.8, 4) is 0 Å². The Morgan fingerprint density at radius 3 is 2.84 bits per heavy atom. The highest BCUT2D eigenvalue weighted by molar-refractivity contribution is 6.31. The van der Waals surface area contributed by atoms with Gasteiger partial charge in [0.1, 0.15) is 6.04 Å². The Balaban J connectivity index is 1.60. The molecule has 3 aromatic rings. The van der Waals surface area contributed by atoms with Gasteiger partial charge in [-0.2, -0.15) is 0 Å². The van der Waals surface area contributed by atoms with Crippen molar-refractivity contribution in [3.63, 3.8) is 0 Å². The molecule has 1 aromatic carbocycles. The molecular formula is C17H17ClN6O. The van der Waals surface area contributed by atoms with E-state index >= 15 is 0 Å². The van der Waals surface area contributed by atoms with Gasteiger partial charge in [0.2, 0.25) is 5.91 Å². The van der Waals surface area contributed by atoms with Gasteiger partial charge in [0.05, 0.1) is 19.4 Å². The molecule has 0 N–H and O–H groups in total. The van der Waals surface area contributed by atoms with Crippen molar-refractivity contribution in [1.29, 1.82) is 0 Å². The molecule has 0 saturated carbocycles. The number of fused-ring (bicyclic) bond motifs is 1. The van der Waals surface area contributed by atoms with Crippen LogP contribution in [0.3, 0.4) is 0 Å². The van der Waals surface area contributed by atoms with Crippen molar-refractivity contribution in [2.75, 3.05) is 0 Å². The number of imidazole rings is 1. The lowest BCUT2D eigenvalue weighted by Crippen LogP contribution is -2.41. The zero-order chi connectivity index (χ0) is 17.4. The second-order valence-electron chi connectivity index (χ2n) is 6.10. The fourth-order valence-corrected chi connectivity index (χ4v) is 3.35. The summed E-state index contributed by atoms with van der Waals surface area (Å²) in [6, 6.07) is 7.22. The van der Waals surface area contributed by atoms with Crippen molar-refractivity contribution in [3.05, 3.63) is 65.2 Å². The number of aromatic nitrogens is 5. The van der Waals surface area contributed by atoms with Crippen molar-refractivity contribution < 1.29 is 4.79 Å². The Morgan fingerprint density at radius 1 is 1.24 bits per heavy atom. The van der Waals surface area contributed by atoms with Crippen molar-refractivity contribution in [2.45, 2.75) is 32.6 Å². The Morgan fingerprint density at radius 2 is 2.08 bits per heavy atom. The summed E-state index contributed by atoms with van der Waals surface area (Å²) in [7, 11) is 0. The SMILES string of the molecule is C[C@H]1C(=O)N(Cc2ccccc2Cl)Cc2nnc(Cn3ccnc3)n21. The average molecular weight is 357 g/mol.